The van der Waals surface area contributed by atoms with Crippen LogP contribution in [0.4, 0.5) is 5.69 Å². The molecule has 0 spiro atoms. The summed E-state index contributed by atoms with van der Waals surface area (Å²) >= 11 is 0. The molecule has 1 heterocycles. The summed E-state index contributed by atoms with van der Waals surface area (Å²) in [6.45, 7) is 8.55. The van der Waals surface area contributed by atoms with Crippen molar-refractivity contribution in [2.75, 3.05) is 17.4 Å². The van der Waals surface area contributed by atoms with Gasteiger partial charge in [-0.3, -0.25) is 9.10 Å². The van der Waals surface area contributed by atoms with Crippen LogP contribution in [0.5, 0.6) is 5.75 Å². The number of anilines is 1. The van der Waals surface area contributed by atoms with Gasteiger partial charge in [-0.15, -0.1) is 0 Å². The Balaban J connectivity index is 1.63. The lowest BCUT2D eigenvalue weighted by atomic mass is 9.86. The average Bonchev–Trinajstić information content (AvgIpc) is 2.86. The van der Waals surface area contributed by atoms with Gasteiger partial charge in [0, 0.05) is 6.54 Å². The quantitative estimate of drug-likeness (QED) is 0.533. The van der Waals surface area contributed by atoms with Crippen molar-refractivity contribution in [2.45, 2.75) is 50.0 Å². The van der Waals surface area contributed by atoms with Gasteiger partial charge in [-0.1, -0.05) is 82.3 Å². The molecule has 1 aliphatic heterocycles. The van der Waals surface area contributed by atoms with E-state index in [-0.39, 0.29) is 28.7 Å². The van der Waals surface area contributed by atoms with Gasteiger partial charge in [-0.25, -0.2) is 8.42 Å². The normalized spacial score (nSPS) is 16.7. The van der Waals surface area contributed by atoms with Crippen molar-refractivity contribution in [1.82, 2.24) is 5.32 Å². The van der Waals surface area contributed by atoms with Crippen LogP contribution in [0.1, 0.15) is 44.7 Å². The Morgan fingerprint density at radius 2 is 1.66 bits per heavy atom. The van der Waals surface area contributed by atoms with E-state index in [0.717, 1.165) is 11.1 Å². The van der Waals surface area contributed by atoms with Crippen molar-refractivity contribution in [3.05, 3.63) is 90.0 Å². The SMILES string of the molecule is C[C@@H](CNC(=O)[C@@H]1CN(S(=O)(=O)c2ccccc2)c2cc(C(C)(C)C)ccc2O1)c1ccccc1. The molecule has 1 N–H and O–H groups in total. The predicted molar refractivity (Wildman–Crippen MR) is 138 cm³/mol. The van der Waals surface area contributed by atoms with Crippen LogP contribution in [0, 0.1) is 0 Å². The first-order valence-electron chi connectivity index (χ1n) is 11.8. The maximum Gasteiger partial charge on any atom is 0.264 e. The molecule has 184 valence electrons. The fraction of sp³-hybridized carbons (Fsp3) is 0.321. The third kappa shape index (κ3) is 5.35. The zero-order valence-corrected chi connectivity index (χ0v) is 21.4. The second kappa shape index (κ2) is 9.74. The molecule has 0 unspecified atom stereocenters. The van der Waals surface area contributed by atoms with Crippen molar-refractivity contribution in [3.8, 4) is 5.75 Å². The monoisotopic (exact) mass is 492 g/mol. The first-order valence-corrected chi connectivity index (χ1v) is 13.2. The van der Waals surface area contributed by atoms with E-state index >= 15 is 0 Å². The van der Waals surface area contributed by atoms with Gasteiger partial charge < -0.3 is 10.1 Å². The second-order valence-corrected chi connectivity index (χ2v) is 11.8. The number of benzene rings is 3. The van der Waals surface area contributed by atoms with Crippen LogP contribution in [0.2, 0.25) is 0 Å². The van der Waals surface area contributed by atoms with Crippen LogP contribution < -0.4 is 14.4 Å². The van der Waals surface area contributed by atoms with Crippen LogP contribution in [-0.2, 0) is 20.2 Å². The van der Waals surface area contributed by atoms with Gasteiger partial charge in [0.25, 0.3) is 15.9 Å². The number of ether oxygens (including phenoxy) is 1. The highest BCUT2D eigenvalue weighted by Crippen LogP contribution is 2.40. The lowest BCUT2D eigenvalue weighted by molar-refractivity contribution is -0.127. The van der Waals surface area contributed by atoms with Crippen molar-refractivity contribution in [2.24, 2.45) is 0 Å². The molecule has 3 aromatic rings. The Morgan fingerprint density at radius 1 is 1.03 bits per heavy atom. The van der Waals surface area contributed by atoms with E-state index in [1.807, 2.05) is 49.4 Å². The lowest BCUT2D eigenvalue weighted by Crippen LogP contribution is -2.51. The first kappa shape index (κ1) is 24.8. The van der Waals surface area contributed by atoms with Crippen molar-refractivity contribution in [1.29, 1.82) is 0 Å². The van der Waals surface area contributed by atoms with Gasteiger partial charge in [0.2, 0.25) is 0 Å². The summed E-state index contributed by atoms with van der Waals surface area (Å²) in [6, 6.07) is 23.7. The first-order chi connectivity index (χ1) is 16.6. The number of hydrogen-bond acceptors (Lipinski definition) is 4. The Labute approximate surface area is 208 Å². The highest BCUT2D eigenvalue weighted by atomic mass is 32.2. The smallest absolute Gasteiger partial charge is 0.264 e. The molecular formula is C28H32N2O4S. The predicted octanol–water partition coefficient (Wildman–Crippen LogP) is 4.86. The van der Waals surface area contributed by atoms with Crippen LogP contribution in [0.25, 0.3) is 0 Å². The minimum absolute atomic E-state index is 0.106. The number of nitrogens with one attached hydrogen (secondary N) is 1. The fourth-order valence-electron chi connectivity index (χ4n) is 4.07. The Morgan fingerprint density at radius 3 is 2.29 bits per heavy atom. The standard InChI is InChI=1S/C28H32N2O4S/c1-20(21-11-7-5-8-12-21)18-29-27(31)26-19-30(35(32,33)23-13-9-6-10-14-23)24-17-22(28(2,3)4)15-16-25(24)34-26/h5-17,20,26H,18-19H2,1-4H3,(H,29,31)/t20-,26-/m0/s1. The number of hydrogen-bond donors (Lipinski definition) is 1. The number of amides is 1. The molecule has 0 saturated heterocycles. The highest BCUT2D eigenvalue weighted by Gasteiger charge is 2.38. The number of nitrogens with zero attached hydrogens (tertiary/aromatic N) is 1. The Kier molecular flexibility index (Phi) is 6.90. The summed E-state index contributed by atoms with van der Waals surface area (Å²) in [4.78, 5) is 13.3. The molecule has 4 rings (SSSR count). The fourth-order valence-corrected chi connectivity index (χ4v) is 5.56. The summed E-state index contributed by atoms with van der Waals surface area (Å²) in [5.74, 6) is 0.140. The van der Waals surface area contributed by atoms with Crippen molar-refractivity contribution >= 4 is 21.6 Å². The molecule has 35 heavy (non-hydrogen) atoms. The molecule has 1 amide bonds. The maximum absolute atomic E-state index is 13.7. The molecule has 0 saturated carbocycles. The molecule has 1 aliphatic rings. The molecule has 0 bridgehead atoms. The highest BCUT2D eigenvalue weighted by molar-refractivity contribution is 7.92. The summed E-state index contributed by atoms with van der Waals surface area (Å²) < 4.78 is 34.7. The summed E-state index contributed by atoms with van der Waals surface area (Å²) in [5, 5.41) is 2.94. The molecule has 7 heteroatoms. The van der Waals surface area contributed by atoms with Gasteiger partial charge in [0.1, 0.15) is 5.75 Å². The third-order valence-electron chi connectivity index (χ3n) is 6.27. The van der Waals surface area contributed by atoms with E-state index in [2.05, 4.69) is 26.1 Å². The summed E-state index contributed by atoms with van der Waals surface area (Å²) in [5.41, 5.74) is 2.36. The van der Waals surface area contributed by atoms with Gasteiger partial charge in [-0.05, 0) is 46.7 Å². The lowest BCUT2D eigenvalue weighted by Gasteiger charge is -2.36. The van der Waals surface area contributed by atoms with Crippen LogP contribution in [-0.4, -0.2) is 33.5 Å². The largest absolute Gasteiger partial charge is 0.476 e. The Hall–Kier alpha value is -3.32. The van der Waals surface area contributed by atoms with E-state index in [9.17, 15) is 13.2 Å². The van der Waals surface area contributed by atoms with E-state index in [1.54, 1.807) is 36.4 Å². The summed E-state index contributed by atoms with van der Waals surface area (Å²) in [7, 11) is -3.91. The molecular weight excluding hydrogens is 460 g/mol. The molecule has 6 nitrogen and oxygen atoms in total. The minimum Gasteiger partial charge on any atom is -0.476 e. The number of carbonyl (C=O) groups is 1. The van der Waals surface area contributed by atoms with Crippen molar-refractivity contribution < 1.29 is 17.9 Å². The van der Waals surface area contributed by atoms with Crippen LogP contribution >= 0.6 is 0 Å². The average molecular weight is 493 g/mol. The van der Waals surface area contributed by atoms with Gasteiger partial charge >= 0.3 is 0 Å². The molecule has 3 aromatic carbocycles. The third-order valence-corrected chi connectivity index (χ3v) is 8.06. The van der Waals surface area contributed by atoms with Crippen LogP contribution in [0.3, 0.4) is 0 Å². The van der Waals surface area contributed by atoms with E-state index in [4.69, 9.17) is 4.74 Å². The molecule has 2 atom stereocenters. The molecule has 0 aliphatic carbocycles. The Bertz CT molecular complexity index is 1290. The molecule has 0 radical (unpaired) electrons. The number of carbonyl (C=O) groups excluding carboxylic acids is 1. The molecule has 0 fully saturated rings. The van der Waals surface area contributed by atoms with E-state index in [0.29, 0.717) is 18.0 Å². The van der Waals surface area contributed by atoms with E-state index in [1.165, 1.54) is 4.31 Å². The topological polar surface area (TPSA) is 75.7 Å². The zero-order chi connectivity index (χ0) is 25.2. The summed E-state index contributed by atoms with van der Waals surface area (Å²) in [6.07, 6.45) is -0.968. The van der Waals surface area contributed by atoms with Gasteiger partial charge in [0.05, 0.1) is 17.1 Å². The maximum atomic E-state index is 13.7. The van der Waals surface area contributed by atoms with Gasteiger partial charge in [-0.2, -0.15) is 0 Å². The van der Waals surface area contributed by atoms with Gasteiger partial charge in [0.15, 0.2) is 6.10 Å². The minimum atomic E-state index is -3.91. The number of rotatable bonds is 6. The molecule has 0 aromatic heterocycles. The number of fused-ring (bicyclic) bond motifs is 1. The zero-order valence-electron chi connectivity index (χ0n) is 20.6. The van der Waals surface area contributed by atoms with Crippen molar-refractivity contribution in [3.63, 3.8) is 0 Å². The second-order valence-electron chi connectivity index (χ2n) is 9.95. The number of sulfonamides is 1. The van der Waals surface area contributed by atoms with E-state index < -0.39 is 16.1 Å². The van der Waals surface area contributed by atoms with Crippen LogP contribution in [0.15, 0.2) is 83.8 Å².